The minimum absolute atomic E-state index is 0.170. The summed E-state index contributed by atoms with van der Waals surface area (Å²) in [6, 6.07) is 6.30. The first kappa shape index (κ1) is 9.15. The summed E-state index contributed by atoms with van der Waals surface area (Å²) in [5, 5.41) is 16.9. The van der Waals surface area contributed by atoms with E-state index in [0.29, 0.717) is 0 Å². The fourth-order valence-corrected chi connectivity index (χ4v) is 0.870. The average molecular weight is 178 g/mol. The molecule has 0 aromatic heterocycles. The normalized spacial score (nSPS) is 9.31. The topological polar surface area (TPSA) is 47.6 Å². The zero-order valence-electron chi connectivity index (χ0n) is 6.46. The molecule has 1 aromatic carbocycles. The van der Waals surface area contributed by atoms with E-state index in [9.17, 15) is 8.78 Å². The molecule has 0 bridgehead atoms. The van der Waals surface area contributed by atoms with E-state index in [1.165, 1.54) is 6.07 Å². The molecule has 0 aliphatic rings. The summed E-state index contributed by atoms with van der Waals surface area (Å²) in [4.78, 5) is 0. The summed E-state index contributed by atoms with van der Waals surface area (Å²) in [5.41, 5.74) is 0.170. The van der Waals surface area contributed by atoms with E-state index in [1.807, 2.05) is 0 Å². The van der Waals surface area contributed by atoms with Crippen LogP contribution in [0.15, 0.2) is 18.2 Å². The summed E-state index contributed by atoms with van der Waals surface area (Å²) in [6.07, 6.45) is 0. The van der Waals surface area contributed by atoms with E-state index in [2.05, 4.69) is 0 Å². The first-order valence-corrected chi connectivity index (χ1v) is 3.43. The predicted octanol–water partition coefficient (Wildman–Crippen LogP) is 2.10. The van der Waals surface area contributed by atoms with Crippen molar-refractivity contribution >= 4 is 0 Å². The lowest BCUT2D eigenvalue weighted by molar-refractivity contribution is 0.507. The average Bonchev–Trinajstić information content (AvgIpc) is 2.13. The number of nitrogens with zero attached hydrogens (tertiary/aromatic N) is 2. The molecule has 0 saturated carbocycles. The van der Waals surface area contributed by atoms with Gasteiger partial charge >= 0.3 is 0 Å². The fraction of sp³-hybridized carbons (Fsp3) is 0.111. The molecular weight excluding hydrogens is 174 g/mol. The van der Waals surface area contributed by atoms with Gasteiger partial charge in [-0.05, 0) is 17.7 Å². The Kier molecular flexibility index (Phi) is 2.56. The molecule has 0 aliphatic carbocycles. The van der Waals surface area contributed by atoms with Crippen LogP contribution in [0.25, 0.3) is 0 Å². The van der Waals surface area contributed by atoms with Crippen molar-refractivity contribution < 1.29 is 8.78 Å². The molecule has 0 fully saturated rings. The van der Waals surface area contributed by atoms with E-state index in [1.54, 1.807) is 12.1 Å². The van der Waals surface area contributed by atoms with Gasteiger partial charge in [-0.2, -0.15) is 10.5 Å². The SMILES string of the molecule is N#CC(C#N)c1ccc(F)c(F)c1. The Hall–Kier alpha value is -1.94. The molecule has 0 aliphatic heterocycles. The van der Waals surface area contributed by atoms with E-state index < -0.39 is 17.6 Å². The van der Waals surface area contributed by atoms with Crippen LogP contribution in [0, 0.1) is 34.3 Å². The summed E-state index contributed by atoms with van der Waals surface area (Å²) in [7, 11) is 0. The number of rotatable bonds is 1. The largest absolute Gasteiger partial charge is 0.204 e. The van der Waals surface area contributed by atoms with E-state index in [-0.39, 0.29) is 5.56 Å². The Morgan fingerprint density at radius 1 is 1.08 bits per heavy atom. The van der Waals surface area contributed by atoms with Crippen molar-refractivity contribution in [2.75, 3.05) is 0 Å². The number of nitriles is 2. The number of hydrogen-bond acceptors (Lipinski definition) is 2. The minimum atomic E-state index is -1.05. The summed E-state index contributed by atoms with van der Waals surface area (Å²) in [5.74, 6) is -3.08. The Bertz CT molecular complexity index is 387. The standard InChI is InChI=1S/C9H4F2N2/c10-8-2-1-6(3-9(8)11)7(4-12)5-13/h1-3,7H. The van der Waals surface area contributed by atoms with Gasteiger partial charge in [0, 0.05) is 0 Å². The molecule has 0 saturated heterocycles. The fourth-order valence-electron chi connectivity index (χ4n) is 0.870. The quantitative estimate of drug-likeness (QED) is 0.661. The molecule has 0 N–H and O–H groups in total. The molecule has 0 atom stereocenters. The highest BCUT2D eigenvalue weighted by Crippen LogP contribution is 2.16. The predicted molar refractivity (Wildman–Crippen MR) is 40.3 cm³/mol. The second-order valence-corrected chi connectivity index (χ2v) is 2.36. The van der Waals surface area contributed by atoms with Gasteiger partial charge < -0.3 is 0 Å². The summed E-state index contributed by atoms with van der Waals surface area (Å²) in [6.45, 7) is 0. The molecule has 4 heteroatoms. The van der Waals surface area contributed by atoms with Gasteiger partial charge in [0.1, 0.15) is 0 Å². The molecule has 64 valence electrons. The van der Waals surface area contributed by atoms with Crippen molar-refractivity contribution in [3.8, 4) is 12.1 Å². The van der Waals surface area contributed by atoms with Crippen LogP contribution in [0.2, 0.25) is 0 Å². The van der Waals surface area contributed by atoms with Crippen molar-refractivity contribution in [3.63, 3.8) is 0 Å². The summed E-state index contributed by atoms with van der Waals surface area (Å²) < 4.78 is 25.0. The van der Waals surface area contributed by atoms with Crippen LogP contribution in [-0.2, 0) is 0 Å². The van der Waals surface area contributed by atoms with Gasteiger partial charge in [0.25, 0.3) is 0 Å². The van der Waals surface area contributed by atoms with Gasteiger partial charge in [0.2, 0.25) is 0 Å². The maximum absolute atomic E-state index is 12.6. The molecule has 1 aromatic rings. The molecule has 0 heterocycles. The van der Waals surface area contributed by atoms with Crippen LogP contribution in [0.1, 0.15) is 11.5 Å². The number of hydrogen-bond donors (Lipinski definition) is 0. The van der Waals surface area contributed by atoms with Gasteiger partial charge in [0.15, 0.2) is 17.6 Å². The molecule has 0 radical (unpaired) electrons. The monoisotopic (exact) mass is 178 g/mol. The maximum Gasteiger partial charge on any atom is 0.159 e. The van der Waals surface area contributed by atoms with Crippen LogP contribution in [0.4, 0.5) is 8.78 Å². The first-order valence-electron chi connectivity index (χ1n) is 3.43. The Balaban J connectivity index is 3.13. The second-order valence-electron chi connectivity index (χ2n) is 2.36. The van der Waals surface area contributed by atoms with Gasteiger partial charge in [0.05, 0.1) is 12.1 Å². The zero-order valence-corrected chi connectivity index (χ0v) is 6.46. The van der Waals surface area contributed by atoms with Crippen molar-refractivity contribution in [3.05, 3.63) is 35.4 Å². The van der Waals surface area contributed by atoms with Gasteiger partial charge in [-0.25, -0.2) is 8.78 Å². The lowest BCUT2D eigenvalue weighted by Gasteiger charge is -2.00. The van der Waals surface area contributed by atoms with Gasteiger partial charge in [-0.15, -0.1) is 0 Å². The van der Waals surface area contributed by atoms with Gasteiger partial charge in [-0.3, -0.25) is 0 Å². The number of halogens is 2. The van der Waals surface area contributed by atoms with Crippen LogP contribution in [0.5, 0.6) is 0 Å². The zero-order chi connectivity index (χ0) is 9.84. The smallest absolute Gasteiger partial charge is 0.159 e. The van der Waals surface area contributed by atoms with Crippen LogP contribution < -0.4 is 0 Å². The number of benzene rings is 1. The molecule has 1 rings (SSSR count). The molecule has 0 unspecified atom stereocenters. The third kappa shape index (κ3) is 1.80. The summed E-state index contributed by atoms with van der Waals surface area (Å²) >= 11 is 0. The van der Waals surface area contributed by atoms with Crippen LogP contribution >= 0.6 is 0 Å². The third-order valence-corrected chi connectivity index (χ3v) is 1.54. The van der Waals surface area contributed by atoms with E-state index >= 15 is 0 Å². The van der Waals surface area contributed by atoms with E-state index in [4.69, 9.17) is 10.5 Å². The van der Waals surface area contributed by atoms with E-state index in [0.717, 1.165) is 12.1 Å². The van der Waals surface area contributed by atoms with Crippen LogP contribution in [-0.4, -0.2) is 0 Å². The molecular formula is C9H4F2N2. The second kappa shape index (κ2) is 3.64. The molecule has 13 heavy (non-hydrogen) atoms. The molecule has 0 spiro atoms. The minimum Gasteiger partial charge on any atom is -0.204 e. The molecule has 2 nitrogen and oxygen atoms in total. The lowest BCUT2D eigenvalue weighted by atomic mass is 10.0. The van der Waals surface area contributed by atoms with Crippen molar-refractivity contribution in [1.82, 2.24) is 0 Å². The Morgan fingerprint density at radius 3 is 2.15 bits per heavy atom. The highest BCUT2D eigenvalue weighted by molar-refractivity contribution is 5.31. The first-order chi connectivity index (χ1) is 6.19. The third-order valence-electron chi connectivity index (χ3n) is 1.54. The Labute approximate surface area is 73.6 Å². The maximum atomic E-state index is 12.6. The van der Waals surface area contributed by atoms with Crippen molar-refractivity contribution in [2.24, 2.45) is 0 Å². The van der Waals surface area contributed by atoms with Gasteiger partial charge in [-0.1, -0.05) is 6.07 Å². The molecule has 0 amide bonds. The Morgan fingerprint density at radius 2 is 1.69 bits per heavy atom. The lowest BCUT2D eigenvalue weighted by Crippen LogP contribution is -1.94. The highest BCUT2D eigenvalue weighted by atomic mass is 19.2. The van der Waals surface area contributed by atoms with Crippen molar-refractivity contribution in [1.29, 1.82) is 10.5 Å². The van der Waals surface area contributed by atoms with Crippen molar-refractivity contribution in [2.45, 2.75) is 5.92 Å². The van der Waals surface area contributed by atoms with Crippen LogP contribution in [0.3, 0.4) is 0 Å². The highest BCUT2D eigenvalue weighted by Gasteiger charge is 2.11.